The summed E-state index contributed by atoms with van der Waals surface area (Å²) in [6.07, 6.45) is -3.00. The summed E-state index contributed by atoms with van der Waals surface area (Å²) in [7, 11) is 1.58. The summed E-state index contributed by atoms with van der Waals surface area (Å²) in [5, 5.41) is 7.51. The van der Waals surface area contributed by atoms with Crippen molar-refractivity contribution >= 4 is 41.3 Å². The van der Waals surface area contributed by atoms with Crippen LogP contribution in [0.4, 0.5) is 17.6 Å². The standard InChI is InChI=1S/C19H22F4N4OS.HI/c1-24-17(25-10-16-27-15(11-29-16)19(21,22)23)26-12-18(5-7-28-8-6-18)13-3-2-4-14(20)9-13;/h2-4,9,11H,5-8,10,12H2,1H3,(H2,24,25,26);1H. The van der Waals surface area contributed by atoms with Gasteiger partial charge in [0.05, 0.1) is 6.54 Å². The summed E-state index contributed by atoms with van der Waals surface area (Å²) in [6.45, 7) is 1.76. The first-order valence-electron chi connectivity index (χ1n) is 9.12. The van der Waals surface area contributed by atoms with Crippen molar-refractivity contribution in [2.24, 2.45) is 4.99 Å². The Bertz CT molecular complexity index is 853. The molecule has 3 rings (SSSR count). The predicted molar refractivity (Wildman–Crippen MR) is 119 cm³/mol. The number of thiazole rings is 1. The number of aromatic nitrogens is 1. The highest BCUT2D eigenvalue weighted by Gasteiger charge is 2.35. The lowest BCUT2D eigenvalue weighted by molar-refractivity contribution is -0.140. The zero-order valence-corrected chi connectivity index (χ0v) is 19.4. The lowest BCUT2D eigenvalue weighted by Gasteiger charge is -2.38. The highest BCUT2D eigenvalue weighted by Crippen LogP contribution is 2.34. The third-order valence-corrected chi connectivity index (χ3v) is 5.80. The summed E-state index contributed by atoms with van der Waals surface area (Å²) < 4.78 is 57.3. The molecule has 1 fully saturated rings. The van der Waals surface area contributed by atoms with E-state index >= 15 is 0 Å². The van der Waals surface area contributed by atoms with Gasteiger partial charge in [-0.2, -0.15) is 13.2 Å². The number of hydrogen-bond acceptors (Lipinski definition) is 4. The minimum Gasteiger partial charge on any atom is -0.381 e. The van der Waals surface area contributed by atoms with E-state index in [2.05, 4.69) is 20.6 Å². The number of alkyl halides is 3. The van der Waals surface area contributed by atoms with Crippen LogP contribution in [-0.4, -0.2) is 37.7 Å². The summed E-state index contributed by atoms with van der Waals surface area (Å²) in [5.41, 5.74) is -0.323. The Labute approximate surface area is 193 Å². The summed E-state index contributed by atoms with van der Waals surface area (Å²) in [5.74, 6) is 0.149. The lowest BCUT2D eigenvalue weighted by atomic mass is 9.74. The van der Waals surface area contributed by atoms with Crippen molar-refractivity contribution in [2.45, 2.75) is 31.0 Å². The van der Waals surface area contributed by atoms with Crippen molar-refractivity contribution in [1.82, 2.24) is 15.6 Å². The molecule has 1 saturated heterocycles. The Morgan fingerprint density at radius 3 is 2.60 bits per heavy atom. The Morgan fingerprint density at radius 1 is 1.27 bits per heavy atom. The van der Waals surface area contributed by atoms with Crippen LogP contribution in [0.2, 0.25) is 0 Å². The van der Waals surface area contributed by atoms with E-state index in [0.29, 0.717) is 30.7 Å². The molecule has 1 aromatic carbocycles. The molecule has 1 aliphatic rings. The quantitative estimate of drug-likeness (QED) is 0.248. The van der Waals surface area contributed by atoms with E-state index in [-0.39, 0.29) is 41.8 Å². The van der Waals surface area contributed by atoms with Gasteiger partial charge in [-0.15, -0.1) is 35.3 Å². The number of guanidine groups is 1. The van der Waals surface area contributed by atoms with Crippen LogP contribution in [0, 0.1) is 5.82 Å². The fourth-order valence-electron chi connectivity index (χ4n) is 3.30. The van der Waals surface area contributed by atoms with Crippen LogP contribution in [0.15, 0.2) is 34.6 Å². The number of nitrogens with zero attached hydrogens (tertiary/aromatic N) is 2. The molecule has 2 heterocycles. The van der Waals surface area contributed by atoms with E-state index in [0.717, 1.165) is 35.1 Å². The average molecular weight is 558 g/mol. The molecule has 0 unspecified atom stereocenters. The topological polar surface area (TPSA) is 58.5 Å². The number of halogens is 5. The van der Waals surface area contributed by atoms with Gasteiger partial charge in [0.2, 0.25) is 0 Å². The average Bonchev–Trinajstić information content (AvgIpc) is 3.18. The second kappa shape index (κ2) is 10.7. The van der Waals surface area contributed by atoms with Crippen LogP contribution in [-0.2, 0) is 22.9 Å². The van der Waals surface area contributed by atoms with Gasteiger partial charge in [0.15, 0.2) is 11.7 Å². The van der Waals surface area contributed by atoms with Crippen LogP contribution < -0.4 is 10.6 Å². The number of benzene rings is 1. The van der Waals surface area contributed by atoms with Crippen LogP contribution in [0.5, 0.6) is 0 Å². The minimum atomic E-state index is -4.45. The van der Waals surface area contributed by atoms with Crippen LogP contribution in [0.25, 0.3) is 0 Å². The van der Waals surface area contributed by atoms with Gasteiger partial charge >= 0.3 is 6.18 Å². The van der Waals surface area contributed by atoms with Crippen molar-refractivity contribution in [1.29, 1.82) is 0 Å². The normalized spacial score (nSPS) is 16.6. The van der Waals surface area contributed by atoms with Gasteiger partial charge in [-0.05, 0) is 30.5 Å². The van der Waals surface area contributed by atoms with Crippen LogP contribution >= 0.6 is 35.3 Å². The highest BCUT2D eigenvalue weighted by atomic mass is 127. The monoisotopic (exact) mass is 558 g/mol. The molecule has 11 heteroatoms. The Morgan fingerprint density at radius 2 is 2.00 bits per heavy atom. The molecular formula is C19H23F4IN4OS. The van der Waals surface area contributed by atoms with Gasteiger partial charge in [0.25, 0.3) is 0 Å². The third-order valence-electron chi connectivity index (χ3n) is 4.95. The molecule has 0 atom stereocenters. The predicted octanol–water partition coefficient (Wildman–Crippen LogP) is 4.33. The molecule has 30 heavy (non-hydrogen) atoms. The van der Waals surface area contributed by atoms with E-state index in [9.17, 15) is 17.6 Å². The SMILES string of the molecule is CN=C(NCc1nc(C(F)(F)F)cs1)NCC1(c2cccc(F)c2)CCOCC1.I. The van der Waals surface area contributed by atoms with E-state index in [1.807, 2.05) is 6.07 Å². The fraction of sp³-hybridized carbons (Fsp3) is 0.474. The summed E-state index contributed by atoms with van der Waals surface area (Å²) in [4.78, 5) is 7.73. The Hall–Kier alpha value is -1.47. The molecule has 5 nitrogen and oxygen atoms in total. The van der Waals surface area contributed by atoms with Gasteiger partial charge in [-0.1, -0.05) is 12.1 Å². The van der Waals surface area contributed by atoms with Crippen molar-refractivity contribution in [3.05, 3.63) is 51.7 Å². The van der Waals surface area contributed by atoms with Crippen LogP contribution in [0.1, 0.15) is 29.1 Å². The molecule has 0 spiro atoms. The first-order valence-corrected chi connectivity index (χ1v) is 10.0. The van der Waals surface area contributed by atoms with Crippen molar-refractivity contribution in [3.8, 4) is 0 Å². The lowest BCUT2D eigenvalue weighted by Crippen LogP contribution is -2.48. The molecule has 0 saturated carbocycles. The van der Waals surface area contributed by atoms with E-state index < -0.39 is 11.9 Å². The maximum atomic E-state index is 13.8. The largest absolute Gasteiger partial charge is 0.434 e. The second-order valence-electron chi connectivity index (χ2n) is 6.81. The molecule has 0 amide bonds. The van der Waals surface area contributed by atoms with Gasteiger partial charge in [-0.3, -0.25) is 4.99 Å². The van der Waals surface area contributed by atoms with Gasteiger partial charge < -0.3 is 15.4 Å². The number of rotatable bonds is 5. The van der Waals surface area contributed by atoms with Crippen LogP contribution in [0.3, 0.4) is 0 Å². The molecule has 0 radical (unpaired) electrons. The van der Waals surface area contributed by atoms with Crippen molar-refractivity contribution in [3.63, 3.8) is 0 Å². The van der Waals surface area contributed by atoms with E-state index in [1.54, 1.807) is 13.1 Å². The molecule has 0 bridgehead atoms. The Balaban J connectivity index is 0.00000320. The Kier molecular flexibility index (Phi) is 8.85. The van der Waals surface area contributed by atoms with Gasteiger partial charge in [-0.25, -0.2) is 9.37 Å². The minimum absolute atomic E-state index is 0. The molecule has 2 N–H and O–H groups in total. The third kappa shape index (κ3) is 6.27. The van der Waals surface area contributed by atoms with Crippen molar-refractivity contribution in [2.75, 3.05) is 26.8 Å². The fourth-order valence-corrected chi connectivity index (χ4v) is 4.04. The van der Waals surface area contributed by atoms with E-state index in [4.69, 9.17) is 4.74 Å². The molecule has 166 valence electrons. The zero-order valence-electron chi connectivity index (χ0n) is 16.3. The molecule has 2 aromatic rings. The van der Waals surface area contributed by atoms with Crippen molar-refractivity contribution < 1.29 is 22.3 Å². The maximum absolute atomic E-state index is 13.8. The second-order valence-corrected chi connectivity index (χ2v) is 7.75. The van der Waals surface area contributed by atoms with Gasteiger partial charge in [0, 0.05) is 37.6 Å². The van der Waals surface area contributed by atoms with Gasteiger partial charge in [0.1, 0.15) is 10.8 Å². The number of hydrogen-bond donors (Lipinski definition) is 2. The summed E-state index contributed by atoms with van der Waals surface area (Å²) >= 11 is 0.938. The maximum Gasteiger partial charge on any atom is 0.434 e. The number of aliphatic imine (C=N–C) groups is 1. The molecule has 0 aliphatic carbocycles. The van der Waals surface area contributed by atoms with E-state index in [1.165, 1.54) is 12.1 Å². The smallest absolute Gasteiger partial charge is 0.381 e. The zero-order chi connectivity index (χ0) is 20.9. The number of ether oxygens (including phenoxy) is 1. The molecular weight excluding hydrogens is 535 g/mol. The highest BCUT2D eigenvalue weighted by molar-refractivity contribution is 14.0. The number of nitrogens with one attached hydrogen (secondary N) is 2. The summed E-state index contributed by atoms with van der Waals surface area (Å²) in [6, 6.07) is 6.54. The first kappa shape index (κ1) is 24.8. The first-order chi connectivity index (χ1) is 13.8. The molecule has 1 aliphatic heterocycles. The molecule has 1 aromatic heterocycles.